The number of carboxylic acids is 1. The topological polar surface area (TPSA) is 125 Å². The number of nitrogens with two attached hydrogens (primary N) is 1. The molecule has 0 spiro atoms. The predicted octanol–water partition coefficient (Wildman–Crippen LogP) is 2.69. The Morgan fingerprint density at radius 3 is 2.29 bits per heavy atom. The van der Waals surface area contributed by atoms with Crippen LogP contribution in [-0.4, -0.2) is 44.4 Å². The average molecular weight is 417 g/mol. The normalized spacial score (nSPS) is 16.3. The van der Waals surface area contributed by atoms with Crippen LogP contribution in [0.15, 0.2) is 35.2 Å². The Morgan fingerprint density at radius 1 is 1.25 bits per heavy atom. The summed E-state index contributed by atoms with van der Waals surface area (Å²) in [6.45, 7) is 2.71. The smallest absolute Gasteiger partial charge is 0.475 e. The lowest BCUT2D eigenvalue weighted by Gasteiger charge is -2.17. The average Bonchev–Trinajstić information content (AvgIpc) is 2.90. The molecule has 0 radical (unpaired) electrons. The summed E-state index contributed by atoms with van der Waals surface area (Å²) in [6, 6.07) is 8.99. The molecule has 0 bridgehead atoms. The molecule has 0 aromatic heterocycles. The molecule has 2 aromatic carbocycles. The first-order valence-corrected chi connectivity index (χ1v) is 9.81. The first-order valence-electron chi connectivity index (χ1n) is 7.92. The molecule has 1 aliphatic heterocycles. The molecule has 0 fully saturated rings. The lowest BCUT2D eigenvalue weighted by atomic mass is 9.96. The number of nitrogens with one attached hydrogen (secondary N) is 1. The van der Waals surface area contributed by atoms with Crippen molar-refractivity contribution in [3.05, 3.63) is 35.9 Å². The number of sulfone groups is 1. The minimum Gasteiger partial charge on any atom is -0.475 e. The molecule has 2 aromatic rings. The molecular formula is C17H18F3N3O4S. The maximum absolute atomic E-state index is 11.9. The molecule has 152 valence electrons. The van der Waals surface area contributed by atoms with Crippen LogP contribution < -0.4 is 10.6 Å². The Kier molecular flexibility index (Phi) is 5.60. The second-order valence-corrected chi connectivity index (χ2v) is 8.31. The first-order chi connectivity index (χ1) is 12.7. The van der Waals surface area contributed by atoms with E-state index in [1.54, 1.807) is 23.1 Å². The van der Waals surface area contributed by atoms with Crippen molar-refractivity contribution < 1.29 is 31.5 Å². The second-order valence-electron chi connectivity index (χ2n) is 6.32. The third-order valence-corrected chi connectivity index (χ3v) is 5.37. The molecule has 1 unspecified atom stereocenters. The van der Waals surface area contributed by atoms with Gasteiger partial charge in [-0.2, -0.15) is 13.2 Å². The molecule has 7 nitrogen and oxygen atoms in total. The zero-order valence-corrected chi connectivity index (χ0v) is 15.7. The van der Waals surface area contributed by atoms with Crippen LogP contribution in [0.1, 0.15) is 18.4 Å². The number of fused-ring (bicyclic) bond motifs is 3. The van der Waals surface area contributed by atoms with Gasteiger partial charge in [0.1, 0.15) is 0 Å². The zero-order valence-electron chi connectivity index (χ0n) is 14.9. The first kappa shape index (κ1) is 21.5. The quantitative estimate of drug-likeness (QED) is 0.484. The SMILES string of the molecule is CC1CN(C(=N)N)c2ccc3c(S(C)(=O)=O)cccc3c21.O=C(O)C(F)(F)F. The van der Waals surface area contributed by atoms with Crippen molar-refractivity contribution in [3.63, 3.8) is 0 Å². The Hall–Kier alpha value is -2.82. The molecule has 1 heterocycles. The summed E-state index contributed by atoms with van der Waals surface area (Å²) >= 11 is 0. The summed E-state index contributed by atoms with van der Waals surface area (Å²) in [6.07, 6.45) is -3.86. The maximum atomic E-state index is 11.9. The van der Waals surface area contributed by atoms with Crippen LogP contribution >= 0.6 is 0 Å². The highest BCUT2D eigenvalue weighted by Gasteiger charge is 2.38. The molecule has 4 N–H and O–H groups in total. The van der Waals surface area contributed by atoms with Gasteiger partial charge in [-0.1, -0.05) is 25.1 Å². The number of guanidine groups is 1. The summed E-state index contributed by atoms with van der Waals surface area (Å²) < 4.78 is 55.6. The Morgan fingerprint density at radius 2 is 1.82 bits per heavy atom. The number of carboxylic acid groups (broad SMARTS) is 1. The largest absolute Gasteiger partial charge is 0.490 e. The molecule has 0 saturated carbocycles. The number of aliphatic carboxylic acids is 1. The molecule has 28 heavy (non-hydrogen) atoms. The van der Waals surface area contributed by atoms with E-state index in [0.717, 1.165) is 22.0 Å². The predicted molar refractivity (Wildman–Crippen MR) is 98.4 cm³/mol. The van der Waals surface area contributed by atoms with Crippen LogP contribution in [0.4, 0.5) is 18.9 Å². The zero-order chi connectivity index (χ0) is 21.4. The standard InChI is InChI=1S/C15H17N3O2S.C2HF3O2/c1-9-8-18(15(16)17)12-7-6-10-11(14(9)12)4-3-5-13(10)21(2,19)20;3-2(4,5)1(6)7/h3-7,9H,8H2,1-2H3,(H3,16,17);(H,6,7). The van der Waals surface area contributed by atoms with Gasteiger partial charge in [-0.15, -0.1) is 0 Å². The molecule has 11 heteroatoms. The number of hydrogen-bond acceptors (Lipinski definition) is 4. The third kappa shape index (κ3) is 4.19. The van der Waals surface area contributed by atoms with Gasteiger partial charge in [-0.25, -0.2) is 13.2 Å². The highest BCUT2D eigenvalue weighted by Crippen LogP contribution is 2.41. The summed E-state index contributed by atoms with van der Waals surface area (Å²) in [5, 5.41) is 16.5. The van der Waals surface area contributed by atoms with E-state index in [0.29, 0.717) is 11.4 Å². The lowest BCUT2D eigenvalue weighted by molar-refractivity contribution is -0.192. The van der Waals surface area contributed by atoms with Crippen LogP contribution in [0, 0.1) is 5.41 Å². The van der Waals surface area contributed by atoms with Gasteiger partial charge >= 0.3 is 12.1 Å². The fraction of sp³-hybridized carbons (Fsp3) is 0.294. The highest BCUT2D eigenvalue weighted by atomic mass is 32.2. The molecule has 0 amide bonds. The van der Waals surface area contributed by atoms with E-state index < -0.39 is 22.0 Å². The van der Waals surface area contributed by atoms with Gasteiger partial charge in [0, 0.05) is 29.8 Å². The van der Waals surface area contributed by atoms with E-state index in [1.807, 2.05) is 12.1 Å². The van der Waals surface area contributed by atoms with Crippen LogP contribution in [0.25, 0.3) is 10.8 Å². The van der Waals surface area contributed by atoms with Crippen molar-refractivity contribution in [2.24, 2.45) is 5.73 Å². The number of hydrogen-bond donors (Lipinski definition) is 3. The number of nitrogens with zero attached hydrogens (tertiary/aromatic N) is 1. The van der Waals surface area contributed by atoms with Gasteiger partial charge in [0.05, 0.1) is 4.90 Å². The van der Waals surface area contributed by atoms with Crippen molar-refractivity contribution in [2.75, 3.05) is 17.7 Å². The number of benzene rings is 2. The molecule has 0 aliphatic carbocycles. The van der Waals surface area contributed by atoms with Gasteiger partial charge in [0.2, 0.25) is 0 Å². The highest BCUT2D eigenvalue weighted by molar-refractivity contribution is 7.91. The number of alkyl halides is 3. The molecule has 1 aliphatic rings. The van der Waals surface area contributed by atoms with E-state index in [-0.39, 0.29) is 11.9 Å². The van der Waals surface area contributed by atoms with Crippen molar-refractivity contribution in [3.8, 4) is 0 Å². The van der Waals surface area contributed by atoms with Crippen LogP contribution in [-0.2, 0) is 14.6 Å². The fourth-order valence-electron chi connectivity index (χ4n) is 3.11. The monoisotopic (exact) mass is 417 g/mol. The van der Waals surface area contributed by atoms with Crippen molar-refractivity contribution >= 4 is 38.2 Å². The fourth-order valence-corrected chi connectivity index (χ4v) is 4.01. The molecule has 1 atom stereocenters. The Labute approximate surface area is 159 Å². The van der Waals surface area contributed by atoms with Crippen molar-refractivity contribution in [1.29, 1.82) is 5.41 Å². The van der Waals surface area contributed by atoms with Gasteiger partial charge < -0.3 is 15.7 Å². The van der Waals surface area contributed by atoms with Crippen LogP contribution in [0.3, 0.4) is 0 Å². The van der Waals surface area contributed by atoms with Gasteiger partial charge in [-0.05, 0) is 23.1 Å². The second kappa shape index (κ2) is 7.30. The van der Waals surface area contributed by atoms with Crippen molar-refractivity contribution in [1.82, 2.24) is 0 Å². The van der Waals surface area contributed by atoms with E-state index in [4.69, 9.17) is 21.0 Å². The Bertz CT molecular complexity index is 1050. The van der Waals surface area contributed by atoms with Gasteiger partial charge in [-0.3, -0.25) is 5.41 Å². The van der Waals surface area contributed by atoms with Crippen LogP contribution in [0.2, 0.25) is 0 Å². The van der Waals surface area contributed by atoms with Crippen molar-refractivity contribution in [2.45, 2.75) is 23.9 Å². The minimum absolute atomic E-state index is 0.0132. The van der Waals surface area contributed by atoms with Crippen LogP contribution in [0.5, 0.6) is 0 Å². The maximum Gasteiger partial charge on any atom is 0.490 e. The van der Waals surface area contributed by atoms with E-state index >= 15 is 0 Å². The Balaban J connectivity index is 0.000000345. The van der Waals surface area contributed by atoms with E-state index in [1.165, 1.54) is 6.26 Å². The summed E-state index contributed by atoms with van der Waals surface area (Å²) in [4.78, 5) is 11.0. The summed E-state index contributed by atoms with van der Waals surface area (Å²) in [7, 11) is -3.27. The summed E-state index contributed by atoms with van der Waals surface area (Å²) in [5.41, 5.74) is 7.59. The molecule has 0 saturated heterocycles. The number of anilines is 1. The van der Waals surface area contributed by atoms with Gasteiger partial charge in [0.15, 0.2) is 15.8 Å². The lowest BCUT2D eigenvalue weighted by Crippen LogP contribution is -2.35. The summed E-state index contributed by atoms with van der Waals surface area (Å²) in [5.74, 6) is -2.55. The van der Waals surface area contributed by atoms with Gasteiger partial charge in [0.25, 0.3) is 0 Å². The third-order valence-electron chi connectivity index (χ3n) is 4.21. The van der Waals surface area contributed by atoms with E-state index in [2.05, 4.69) is 6.92 Å². The molecular weight excluding hydrogens is 399 g/mol. The minimum atomic E-state index is -5.08. The number of rotatable bonds is 1. The number of carbonyl (C=O) groups is 1. The van der Waals surface area contributed by atoms with E-state index in [9.17, 15) is 21.6 Å². The molecule has 3 rings (SSSR count). The number of halogens is 3.